The van der Waals surface area contributed by atoms with Crippen LogP contribution in [0.1, 0.15) is 18.5 Å². The second-order valence-electron chi connectivity index (χ2n) is 3.25. The average molecular weight is 291 g/mol. The van der Waals surface area contributed by atoms with Crippen molar-refractivity contribution in [2.75, 3.05) is 6.61 Å². The van der Waals surface area contributed by atoms with Crippen molar-refractivity contribution < 1.29 is 17.9 Å². The van der Waals surface area contributed by atoms with Crippen LogP contribution in [0.5, 0.6) is 5.88 Å². The highest BCUT2D eigenvalue weighted by molar-refractivity contribution is 6.31. The van der Waals surface area contributed by atoms with E-state index in [-0.39, 0.29) is 29.4 Å². The Morgan fingerprint density at radius 1 is 1.53 bits per heavy atom. The summed E-state index contributed by atoms with van der Waals surface area (Å²) >= 11 is 5.69. The van der Waals surface area contributed by atoms with Crippen molar-refractivity contribution in [1.29, 1.82) is 0 Å². The summed E-state index contributed by atoms with van der Waals surface area (Å²) in [5, 5.41) is 0.0130. The second kappa shape index (κ2) is 6.28. The van der Waals surface area contributed by atoms with Gasteiger partial charge < -0.3 is 10.5 Å². The maximum atomic E-state index is 11.9. The van der Waals surface area contributed by atoms with E-state index in [9.17, 15) is 13.2 Å². The molecule has 8 heteroatoms. The standard InChI is InChI=1S/C9H10ClF3N2O.ClH/c1-5(14)6-2-7(10)8(15-3-6)16-4-9(11,12)13;/h2-3,5H,4,14H2,1H3;1H. The van der Waals surface area contributed by atoms with Gasteiger partial charge in [-0.05, 0) is 18.6 Å². The number of nitrogens with two attached hydrogens (primary N) is 1. The maximum Gasteiger partial charge on any atom is 0.422 e. The van der Waals surface area contributed by atoms with Gasteiger partial charge in [-0.2, -0.15) is 13.2 Å². The van der Waals surface area contributed by atoms with E-state index < -0.39 is 12.8 Å². The van der Waals surface area contributed by atoms with Gasteiger partial charge in [-0.25, -0.2) is 4.98 Å². The summed E-state index contributed by atoms with van der Waals surface area (Å²) in [4.78, 5) is 3.67. The molecule has 3 nitrogen and oxygen atoms in total. The zero-order chi connectivity index (χ0) is 12.3. The Kier molecular flexibility index (Phi) is 6.01. The van der Waals surface area contributed by atoms with Crippen LogP contribution in [0.15, 0.2) is 12.3 Å². The summed E-state index contributed by atoms with van der Waals surface area (Å²) in [5.41, 5.74) is 6.19. The lowest BCUT2D eigenvalue weighted by atomic mass is 10.2. The van der Waals surface area contributed by atoms with Crippen molar-refractivity contribution in [3.8, 4) is 5.88 Å². The topological polar surface area (TPSA) is 48.1 Å². The predicted molar refractivity (Wildman–Crippen MR) is 60.6 cm³/mol. The molecule has 0 aromatic carbocycles. The maximum absolute atomic E-state index is 11.9. The van der Waals surface area contributed by atoms with E-state index in [0.717, 1.165) is 0 Å². The first-order valence-electron chi connectivity index (χ1n) is 4.40. The Morgan fingerprint density at radius 2 is 2.12 bits per heavy atom. The van der Waals surface area contributed by atoms with Crippen LogP contribution < -0.4 is 10.5 Å². The minimum Gasteiger partial charge on any atom is -0.467 e. The van der Waals surface area contributed by atoms with Gasteiger partial charge in [0.2, 0.25) is 5.88 Å². The number of nitrogens with zero attached hydrogens (tertiary/aromatic N) is 1. The third kappa shape index (κ3) is 5.43. The third-order valence-corrected chi connectivity index (χ3v) is 2.00. The second-order valence-corrected chi connectivity index (χ2v) is 3.66. The van der Waals surface area contributed by atoms with E-state index in [2.05, 4.69) is 9.72 Å². The van der Waals surface area contributed by atoms with Crippen molar-refractivity contribution in [1.82, 2.24) is 4.98 Å². The molecule has 0 aliphatic carbocycles. The van der Waals surface area contributed by atoms with E-state index in [1.807, 2.05) is 0 Å². The molecule has 1 aromatic heterocycles. The normalized spacial score (nSPS) is 12.8. The summed E-state index contributed by atoms with van der Waals surface area (Å²) < 4.78 is 40.0. The Hall–Kier alpha value is -0.720. The van der Waals surface area contributed by atoms with Gasteiger partial charge in [0.1, 0.15) is 5.02 Å². The van der Waals surface area contributed by atoms with Crippen molar-refractivity contribution in [3.63, 3.8) is 0 Å². The number of aromatic nitrogens is 1. The molecule has 0 radical (unpaired) electrons. The molecular formula is C9H11Cl2F3N2O. The van der Waals surface area contributed by atoms with Crippen molar-refractivity contribution >= 4 is 24.0 Å². The lowest BCUT2D eigenvalue weighted by Gasteiger charge is -2.11. The molecule has 1 aromatic rings. The average Bonchev–Trinajstić information content (AvgIpc) is 2.14. The minimum atomic E-state index is -4.41. The third-order valence-electron chi connectivity index (χ3n) is 1.73. The molecular weight excluding hydrogens is 280 g/mol. The molecule has 0 amide bonds. The van der Waals surface area contributed by atoms with Crippen LogP contribution in [0, 0.1) is 0 Å². The van der Waals surface area contributed by atoms with E-state index in [1.54, 1.807) is 6.92 Å². The van der Waals surface area contributed by atoms with Gasteiger partial charge in [-0.3, -0.25) is 0 Å². The number of halogens is 5. The molecule has 98 valence electrons. The molecule has 0 aliphatic heterocycles. The number of hydrogen-bond acceptors (Lipinski definition) is 3. The van der Waals surface area contributed by atoms with Gasteiger partial charge in [0.15, 0.2) is 6.61 Å². The lowest BCUT2D eigenvalue weighted by Crippen LogP contribution is -2.20. The van der Waals surface area contributed by atoms with Crippen LogP contribution in [0.4, 0.5) is 13.2 Å². The molecule has 0 fully saturated rings. The quantitative estimate of drug-likeness (QED) is 0.930. The van der Waals surface area contributed by atoms with E-state index in [0.29, 0.717) is 5.56 Å². The number of hydrogen-bond donors (Lipinski definition) is 1. The number of ether oxygens (including phenoxy) is 1. The van der Waals surface area contributed by atoms with Gasteiger partial charge in [0, 0.05) is 12.2 Å². The monoisotopic (exact) mass is 290 g/mol. The largest absolute Gasteiger partial charge is 0.467 e. The first-order valence-corrected chi connectivity index (χ1v) is 4.78. The van der Waals surface area contributed by atoms with Crippen LogP contribution in [-0.4, -0.2) is 17.8 Å². The number of alkyl halides is 3. The van der Waals surface area contributed by atoms with Crippen LogP contribution in [0.3, 0.4) is 0 Å². The minimum absolute atomic E-state index is 0. The molecule has 0 bridgehead atoms. The molecule has 17 heavy (non-hydrogen) atoms. The highest BCUT2D eigenvalue weighted by Crippen LogP contribution is 2.26. The fourth-order valence-corrected chi connectivity index (χ4v) is 1.17. The Balaban J connectivity index is 0.00000256. The first kappa shape index (κ1) is 16.3. The molecule has 1 unspecified atom stereocenters. The summed E-state index contributed by atoms with van der Waals surface area (Å²) in [6.07, 6.45) is -3.08. The molecule has 0 spiro atoms. The van der Waals surface area contributed by atoms with E-state index >= 15 is 0 Å². The zero-order valence-corrected chi connectivity index (χ0v) is 10.4. The Bertz CT molecular complexity index is 372. The Labute approximate surface area is 108 Å². The van der Waals surface area contributed by atoms with Crippen molar-refractivity contribution in [2.24, 2.45) is 5.73 Å². The Morgan fingerprint density at radius 3 is 2.53 bits per heavy atom. The summed E-state index contributed by atoms with van der Waals surface area (Å²) in [6.45, 7) is 0.292. The molecule has 0 saturated heterocycles. The molecule has 0 saturated carbocycles. The predicted octanol–water partition coefficient (Wildman–Crippen LogP) is 3.12. The van der Waals surface area contributed by atoms with Gasteiger partial charge in [0.25, 0.3) is 0 Å². The fraction of sp³-hybridized carbons (Fsp3) is 0.444. The lowest BCUT2D eigenvalue weighted by molar-refractivity contribution is -0.154. The van der Waals surface area contributed by atoms with Crippen molar-refractivity contribution in [2.45, 2.75) is 19.1 Å². The van der Waals surface area contributed by atoms with Gasteiger partial charge >= 0.3 is 6.18 Å². The number of pyridine rings is 1. The van der Waals surface area contributed by atoms with Gasteiger partial charge in [-0.1, -0.05) is 11.6 Å². The molecule has 0 aliphatic rings. The van der Waals surface area contributed by atoms with E-state index in [4.69, 9.17) is 17.3 Å². The van der Waals surface area contributed by atoms with E-state index in [1.165, 1.54) is 12.3 Å². The summed E-state index contributed by atoms with van der Waals surface area (Å²) in [5.74, 6) is -0.247. The number of rotatable bonds is 3. The fourth-order valence-electron chi connectivity index (χ4n) is 0.946. The highest BCUT2D eigenvalue weighted by atomic mass is 35.5. The summed E-state index contributed by atoms with van der Waals surface area (Å²) in [7, 11) is 0. The molecule has 1 rings (SSSR count). The summed E-state index contributed by atoms with van der Waals surface area (Å²) in [6, 6.07) is 1.15. The van der Waals surface area contributed by atoms with Crippen LogP contribution in [0.25, 0.3) is 0 Å². The SMILES string of the molecule is CC(N)c1cnc(OCC(F)(F)F)c(Cl)c1.Cl. The molecule has 2 N–H and O–H groups in total. The van der Waals surface area contributed by atoms with Crippen LogP contribution in [0.2, 0.25) is 5.02 Å². The molecule has 1 heterocycles. The molecule has 1 atom stereocenters. The van der Waals surface area contributed by atoms with Crippen molar-refractivity contribution in [3.05, 3.63) is 22.8 Å². The highest BCUT2D eigenvalue weighted by Gasteiger charge is 2.29. The van der Waals surface area contributed by atoms with Crippen LogP contribution in [-0.2, 0) is 0 Å². The zero-order valence-electron chi connectivity index (χ0n) is 8.79. The first-order chi connectivity index (χ1) is 7.29. The van der Waals surface area contributed by atoms with Gasteiger partial charge in [-0.15, -0.1) is 12.4 Å². The van der Waals surface area contributed by atoms with Crippen LogP contribution >= 0.6 is 24.0 Å². The smallest absolute Gasteiger partial charge is 0.422 e. The van der Waals surface area contributed by atoms with Gasteiger partial charge in [0.05, 0.1) is 0 Å².